The fourth-order valence-electron chi connectivity index (χ4n) is 3.22. The molecule has 0 amide bonds. The Kier molecular flexibility index (Phi) is 6.50. The van der Waals surface area contributed by atoms with E-state index in [-0.39, 0.29) is 27.7 Å². The zero-order chi connectivity index (χ0) is 21.8. The van der Waals surface area contributed by atoms with Crippen LogP contribution in [-0.4, -0.2) is 26.6 Å². The summed E-state index contributed by atoms with van der Waals surface area (Å²) in [6.45, 7) is 2.06. The van der Waals surface area contributed by atoms with Gasteiger partial charge in [-0.25, -0.2) is 20.8 Å². The molecule has 1 N–H and O–H groups in total. The molecule has 2 aromatic carbocycles. The van der Waals surface area contributed by atoms with Gasteiger partial charge in [-0.1, -0.05) is 50.1 Å². The van der Waals surface area contributed by atoms with Crippen molar-refractivity contribution in [3.8, 4) is 0 Å². The predicted octanol–water partition coefficient (Wildman–Crippen LogP) is 3.89. The molecule has 3 rings (SSSR count). The fourth-order valence-corrected chi connectivity index (χ4v) is 6.73. The summed E-state index contributed by atoms with van der Waals surface area (Å²) in [5, 5.41) is 3.88. The number of nitrogens with one attached hydrogen (secondary N) is 1. The zero-order valence-corrected chi connectivity index (χ0v) is 18.2. The van der Waals surface area contributed by atoms with Crippen molar-refractivity contribution in [1.82, 2.24) is 8.88 Å². The van der Waals surface area contributed by atoms with E-state index < -0.39 is 19.9 Å². The SMILES string of the molecule is CCCCCS(=O)(=O)c1cc2ccc(CN=[N+]=N)cc2n1S(=O)(=O)c1ccccc1. The monoisotopic (exact) mass is 447 g/mol. The van der Waals surface area contributed by atoms with E-state index in [0.29, 0.717) is 17.4 Å². The van der Waals surface area contributed by atoms with Gasteiger partial charge in [-0.3, -0.25) is 0 Å². The van der Waals surface area contributed by atoms with Crippen LogP contribution in [0.2, 0.25) is 0 Å². The van der Waals surface area contributed by atoms with Crippen LogP contribution >= 0.6 is 0 Å². The number of fused-ring (bicyclic) bond motifs is 1. The Morgan fingerprint density at radius 2 is 1.73 bits per heavy atom. The molecular formula is C20H23N4O4S2+. The highest BCUT2D eigenvalue weighted by atomic mass is 32.2. The zero-order valence-electron chi connectivity index (χ0n) is 16.5. The minimum absolute atomic E-state index is 0.00348. The van der Waals surface area contributed by atoms with E-state index in [2.05, 4.69) is 10.0 Å². The van der Waals surface area contributed by atoms with Crippen LogP contribution in [0.1, 0.15) is 31.7 Å². The number of benzene rings is 2. The molecule has 0 unspecified atom stereocenters. The van der Waals surface area contributed by atoms with E-state index in [0.717, 1.165) is 16.8 Å². The van der Waals surface area contributed by atoms with Gasteiger partial charge in [-0.15, -0.1) is 0 Å². The van der Waals surface area contributed by atoms with Gasteiger partial charge >= 0.3 is 0 Å². The molecule has 0 atom stereocenters. The quantitative estimate of drug-likeness (QED) is 0.303. The second-order valence-corrected chi connectivity index (χ2v) is 10.7. The van der Waals surface area contributed by atoms with Crippen molar-refractivity contribution >= 4 is 30.8 Å². The maximum Gasteiger partial charge on any atom is 0.269 e. The van der Waals surface area contributed by atoms with Crippen molar-refractivity contribution in [2.45, 2.75) is 42.7 Å². The molecule has 0 saturated carbocycles. The van der Waals surface area contributed by atoms with Crippen LogP contribution in [0.4, 0.5) is 0 Å². The van der Waals surface area contributed by atoms with Crippen molar-refractivity contribution in [3.05, 3.63) is 60.2 Å². The summed E-state index contributed by atoms with van der Waals surface area (Å²) in [5.41, 5.74) is 7.69. The molecule has 10 heteroatoms. The highest BCUT2D eigenvalue weighted by molar-refractivity contribution is 7.93. The summed E-state index contributed by atoms with van der Waals surface area (Å²) < 4.78 is 54.0. The number of hydrogen-bond acceptors (Lipinski definition) is 6. The van der Waals surface area contributed by atoms with E-state index in [1.165, 1.54) is 18.2 Å². The van der Waals surface area contributed by atoms with Crippen molar-refractivity contribution in [2.24, 2.45) is 5.11 Å². The molecule has 0 radical (unpaired) electrons. The van der Waals surface area contributed by atoms with E-state index in [4.69, 9.17) is 5.53 Å². The summed E-state index contributed by atoms with van der Waals surface area (Å²) in [6.07, 6.45) is 2.06. The average molecular weight is 448 g/mol. The summed E-state index contributed by atoms with van der Waals surface area (Å²) in [6, 6.07) is 14.1. The standard InChI is InChI=1S/C20H23N4O4S2/c1-2-3-7-12-29(25,26)20-14-17-11-10-16(15-22-23-21)13-19(17)24(20)30(27,28)18-8-5-4-6-9-18/h4-6,8-11,13-14,21H,2-3,7,12,15H2,1H3/q+1. The number of nitrogens with zero attached hydrogens (tertiary/aromatic N) is 3. The van der Waals surface area contributed by atoms with Crippen LogP contribution in [-0.2, 0) is 26.4 Å². The highest BCUT2D eigenvalue weighted by Crippen LogP contribution is 2.30. The molecule has 1 aromatic heterocycles. The van der Waals surface area contributed by atoms with Crippen molar-refractivity contribution in [1.29, 1.82) is 5.53 Å². The first-order valence-corrected chi connectivity index (χ1v) is 12.6. The van der Waals surface area contributed by atoms with Crippen LogP contribution in [0, 0.1) is 5.53 Å². The molecule has 30 heavy (non-hydrogen) atoms. The average Bonchev–Trinajstić information content (AvgIpc) is 3.13. The molecule has 0 aliphatic rings. The minimum Gasteiger partial charge on any atom is -0.223 e. The van der Waals surface area contributed by atoms with Crippen molar-refractivity contribution in [2.75, 3.05) is 5.75 Å². The van der Waals surface area contributed by atoms with E-state index in [1.807, 2.05) is 6.92 Å². The van der Waals surface area contributed by atoms with Gasteiger partial charge in [0.15, 0.2) is 14.9 Å². The molecular weight excluding hydrogens is 424 g/mol. The molecule has 158 valence electrons. The van der Waals surface area contributed by atoms with Crippen molar-refractivity contribution in [3.63, 3.8) is 0 Å². The lowest BCUT2D eigenvalue weighted by Gasteiger charge is -2.12. The van der Waals surface area contributed by atoms with Gasteiger partial charge in [-0.05, 0) is 36.2 Å². The van der Waals surface area contributed by atoms with Crippen LogP contribution in [0.25, 0.3) is 10.9 Å². The normalized spacial score (nSPS) is 12.0. The minimum atomic E-state index is -4.16. The second kappa shape index (κ2) is 8.91. The number of unbranched alkanes of at least 4 members (excludes halogenated alkanes) is 2. The fraction of sp³-hybridized carbons (Fsp3) is 0.300. The Morgan fingerprint density at radius 1 is 1.00 bits per heavy atom. The summed E-state index contributed by atoms with van der Waals surface area (Å²) >= 11 is 0. The summed E-state index contributed by atoms with van der Waals surface area (Å²) in [4.78, 5) is 2.97. The molecule has 0 saturated heterocycles. The number of sulfone groups is 1. The molecule has 3 aromatic rings. The molecule has 0 bridgehead atoms. The van der Waals surface area contributed by atoms with Crippen LogP contribution < -0.4 is 4.91 Å². The Balaban J connectivity index is 2.28. The first-order chi connectivity index (χ1) is 14.3. The third-order valence-electron chi connectivity index (χ3n) is 4.73. The largest absolute Gasteiger partial charge is 0.269 e. The first-order valence-electron chi connectivity index (χ1n) is 9.52. The molecule has 0 spiro atoms. The lowest BCUT2D eigenvalue weighted by Crippen LogP contribution is -2.20. The summed E-state index contributed by atoms with van der Waals surface area (Å²) in [5.74, 6) is -0.124. The molecule has 1 heterocycles. The maximum atomic E-state index is 13.5. The van der Waals surface area contributed by atoms with Gasteiger partial charge in [0.2, 0.25) is 4.91 Å². The Bertz CT molecular complexity index is 1310. The third-order valence-corrected chi connectivity index (χ3v) is 8.35. The van der Waals surface area contributed by atoms with Crippen molar-refractivity contribution < 1.29 is 16.8 Å². The van der Waals surface area contributed by atoms with Gasteiger partial charge in [0.05, 0.1) is 16.2 Å². The Labute approximate surface area is 175 Å². The van der Waals surface area contributed by atoms with Gasteiger partial charge in [-0.2, -0.15) is 0 Å². The van der Waals surface area contributed by atoms with Crippen LogP contribution in [0.3, 0.4) is 0 Å². The number of aromatic nitrogens is 1. The Morgan fingerprint density at radius 3 is 2.40 bits per heavy atom. The molecule has 0 fully saturated rings. The lowest BCUT2D eigenvalue weighted by atomic mass is 10.2. The topological polar surface area (TPSA) is 124 Å². The maximum absolute atomic E-state index is 13.5. The van der Waals surface area contributed by atoms with Crippen LogP contribution in [0.5, 0.6) is 0 Å². The smallest absolute Gasteiger partial charge is 0.223 e. The molecule has 0 aliphatic heterocycles. The van der Waals surface area contributed by atoms with Gasteiger partial charge in [0.25, 0.3) is 10.0 Å². The third kappa shape index (κ3) is 4.35. The lowest BCUT2D eigenvalue weighted by molar-refractivity contribution is 0.571. The van der Waals surface area contributed by atoms with Crippen LogP contribution in [0.15, 0.2) is 69.6 Å². The van der Waals surface area contributed by atoms with E-state index >= 15 is 0 Å². The van der Waals surface area contributed by atoms with Gasteiger partial charge in [0, 0.05) is 5.39 Å². The number of hydrogen-bond donors (Lipinski definition) is 1. The molecule has 8 nitrogen and oxygen atoms in total. The first kappa shape index (κ1) is 21.9. The van der Waals surface area contributed by atoms with E-state index in [1.54, 1.807) is 36.4 Å². The molecule has 0 aliphatic carbocycles. The second-order valence-electron chi connectivity index (χ2n) is 6.88. The number of rotatable bonds is 9. The van der Waals surface area contributed by atoms with Gasteiger partial charge in [0.1, 0.15) is 17.2 Å². The summed E-state index contributed by atoms with van der Waals surface area (Å²) in [7, 11) is -7.99. The van der Waals surface area contributed by atoms with Gasteiger partial charge < -0.3 is 0 Å². The van der Waals surface area contributed by atoms with E-state index in [9.17, 15) is 16.8 Å². The predicted molar refractivity (Wildman–Crippen MR) is 114 cm³/mol. The Hall–Kier alpha value is -2.81. The highest BCUT2D eigenvalue weighted by Gasteiger charge is 2.29.